The van der Waals surface area contributed by atoms with E-state index in [1.54, 1.807) is 0 Å². The smallest absolute Gasteiger partial charge is 0.00671 e. The maximum Gasteiger partial charge on any atom is 0.00671 e. The van der Waals surface area contributed by atoms with Gasteiger partial charge in [-0.05, 0) is 51.0 Å². The summed E-state index contributed by atoms with van der Waals surface area (Å²) in [6.07, 6.45) is 11.8. The van der Waals surface area contributed by atoms with Crippen LogP contribution in [0.25, 0.3) is 0 Å². The van der Waals surface area contributed by atoms with E-state index in [1.807, 2.05) is 0 Å². The van der Waals surface area contributed by atoms with Crippen molar-refractivity contribution in [2.24, 2.45) is 11.8 Å². The molecule has 0 spiro atoms. The summed E-state index contributed by atoms with van der Waals surface area (Å²) in [5.74, 6) is 1.91. The molecule has 2 rings (SSSR count). The predicted molar refractivity (Wildman–Crippen MR) is 52.1 cm³/mol. The third-order valence-corrected chi connectivity index (χ3v) is 3.54. The van der Waals surface area contributed by atoms with Gasteiger partial charge in [-0.25, -0.2) is 0 Å². The SMILES string of the molecule is CNC1CCC2C=CCCC2C1. The zero-order valence-electron chi connectivity index (χ0n) is 7.92. The van der Waals surface area contributed by atoms with Crippen LogP contribution in [0.15, 0.2) is 12.2 Å². The Morgan fingerprint density at radius 3 is 3.00 bits per heavy atom. The lowest BCUT2D eigenvalue weighted by atomic mass is 9.72. The average Bonchev–Trinajstić information content (AvgIpc) is 2.17. The minimum atomic E-state index is 0.803. The highest BCUT2D eigenvalue weighted by molar-refractivity contribution is 5.00. The number of hydrogen-bond acceptors (Lipinski definition) is 1. The lowest BCUT2D eigenvalue weighted by Crippen LogP contribution is -2.35. The summed E-state index contributed by atoms with van der Waals surface area (Å²) in [7, 11) is 2.10. The molecule has 1 fully saturated rings. The van der Waals surface area contributed by atoms with E-state index in [4.69, 9.17) is 0 Å². The standard InChI is InChI=1S/C11H19N/c1-12-11-7-6-9-4-2-3-5-10(9)8-11/h2,4,9-12H,3,5-8H2,1H3. The van der Waals surface area contributed by atoms with Gasteiger partial charge in [-0.2, -0.15) is 0 Å². The van der Waals surface area contributed by atoms with E-state index in [9.17, 15) is 0 Å². The van der Waals surface area contributed by atoms with E-state index < -0.39 is 0 Å². The zero-order valence-corrected chi connectivity index (χ0v) is 7.92. The van der Waals surface area contributed by atoms with E-state index in [0.717, 1.165) is 17.9 Å². The second-order valence-corrected chi connectivity index (χ2v) is 4.23. The Hall–Kier alpha value is -0.300. The highest BCUT2D eigenvalue weighted by Crippen LogP contribution is 2.36. The van der Waals surface area contributed by atoms with Gasteiger partial charge in [0.15, 0.2) is 0 Å². The van der Waals surface area contributed by atoms with Gasteiger partial charge in [0, 0.05) is 6.04 Å². The molecule has 0 heterocycles. The van der Waals surface area contributed by atoms with E-state index in [-0.39, 0.29) is 0 Å². The average molecular weight is 165 g/mol. The third kappa shape index (κ3) is 1.56. The van der Waals surface area contributed by atoms with Crippen LogP contribution in [-0.4, -0.2) is 13.1 Å². The van der Waals surface area contributed by atoms with Crippen LogP contribution in [-0.2, 0) is 0 Å². The van der Waals surface area contributed by atoms with Crippen molar-refractivity contribution >= 4 is 0 Å². The van der Waals surface area contributed by atoms with Gasteiger partial charge in [-0.15, -0.1) is 0 Å². The van der Waals surface area contributed by atoms with Crippen LogP contribution in [0.5, 0.6) is 0 Å². The highest BCUT2D eigenvalue weighted by Gasteiger charge is 2.28. The Morgan fingerprint density at radius 1 is 1.25 bits per heavy atom. The van der Waals surface area contributed by atoms with Gasteiger partial charge in [0.25, 0.3) is 0 Å². The number of hydrogen-bond donors (Lipinski definition) is 1. The maximum absolute atomic E-state index is 3.41. The van der Waals surface area contributed by atoms with Gasteiger partial charge in [-0.3, -0.25) is 0 Å². The first-order valence-corrected chi connectivity index (χ1v) is 5.24. The monoisotopic (exact) mass is 165 g/mol. The summed E-state index contributed by atoms with van der Waals surface area (Å²) >= 11 is 0. The Bertz CT molecular complexity index is 174. The fourth-order valence-corrected chi connectivity index (χ4v) is 2.72. The van der Waals surface area contributed by atoms with Crippen LogP contribution in [0.2, 0.25) is 0 Å². The molecule has 2 aliphatic carbocycles. The molecule has 0 aromatic heterocycles. The second-order valence-electron chi connectivity index (χ2n) is 4.23. The molecule has 0 aliphatic heterocycles. The van der Waals surface area contributed by atoms with Crippen molar-refractivity contribution in [1.82, 2.24) is 5.32 Å². The summed E-state index contributed by atoms with van der Waals surface area (Å²) in [6.45, 7) is 0. The molecule has 1 nitrogen and oxygen atoms in total. The van der Waals surface area contributed by atoms with E-state index >= 15 is 0 Å². The van der Waals surface area contributed by atoms with Crippen LogP contribution >= 0.6 is 0 Å². The normalized spacial score (nSPS) is 40.9. The lowest BCUT2D eigenvalue weighted by Gasteiger charge is -2.36. The molecule has 2 aliphatic rings. The maximum atomic E-state index is 3.41. The fourth-order valence-electron chi connectivity index (χ4n) is 2.72. The Morgan fingerprint density at radius 2 is 2.17 bits per heavy atom. The van der Waals surface area contributed by atoms with E-state index in [2.05, 4.69) is 24.5 Å². The van der Waals surface area contributed by atoms with Crippen molar-refractivity contribution in [3.05, 3.63) is 12.2 Å². The van der Waals surface area contributed by atoms with Gasteiger partial charge in [-0.1, -0.05) is 12.2 Å². The van der Waals surface area contributed by atoms with Crippen LogP contribution < -0.4 is 5.32 Å². The topological polar surface area (TPSA) is 12.0 Å². The molecule has 12 heavy (non-hydrogen) atoms. The first-order valence-electron chi connectivity index (χ1n) is 5.24. The summed E-state index contributed by atoms with van der Waals surface area (Å²) in [5, 5.41) is 3.41. The van der Waals surface area contributed by atoms with Crippen LogP contribution in [0.3, 0.4) is 0 Å². The fraction of sp³-hybridized carbons (Fsp3) is 0.818. The Labute approximate surface area is 75.2 Å². The molecule has 1 N–H and O–H groups in total. The van der Waals surface area contributed by atoms with Gasteiger partial charge < -0.3 is 5.32 Å². The van der Waals surface area contributed by atoms with Gasteiger partial charge in [0.1, 0.15) is 0 Å². The zero-order chi connectivity index (χ0) is 8.39. The van der Waals surface area contributed by atoms with Crippen LogP contribution in [0.1, 0.15) is 32.1 Å². The largest absolute Gasteiger partial charge is 0.317 e. The molecule has 3 unspecified atom stereocenters. The van der Waals surface area contributed by atoms with Crippen molar-refractivity contribution in [2.75, 3.05) is 7.05 Å². The number of fused-ring (bicyclic) bond motifs is 1. The second kappa shape index (κ2) is 3.61. The van der Waals surface area contributed by atoms with E-state index in [0.29, 0.717) is 0 Å². The molecule has 0 aromatic carbocycles. The number of nitrogens with one attached hydrogen (secondary N) is 1. The molecule has 0 bridgehead atoms. The molecule has 0 amide bonds. The van der Waals surface area contributed by atoms with Crippen molar-refractivity contribution in [1.29, 1.82) is 0 Å². The van der Waals surface area contributed by atoms with Crippen molar-refractivity contribution < 1.29 is 0 Å². The molecule has 0 radical (unpaired) electrons. The van der Waals surface area contributed by atoms with Crippen LogP contribution in [0.4, 0.5) is 0 Å². The molecule has 0 aromatic rings. The summed E-state index contributed by atoms with van der Waals surface area (Å²) in [4.78, 5) is 0. The molecule has 1 saturated carbocycles. The number of rotatable bonds is 1. The van der Waals surface area contributed by atoms with Crippen molar-refractivity contribution in [2.45, 2.75) is 38.1 Å². The number of allylic oxidation sites excluding steroid dienone is 2. The van der Waals surface area contributed by atoms with Crippen LogP contribution in [0, 0.1) is 11.8 Å². The summed E-state index contributed by atoms with van der Waals surface area (Å²) in [5.41, 5.74) is 0. The minimum Gasteiger partial charge on any atom is -0.317 e. The predicted octanol–water partition coefficient (Wildman–Crippen LogP) is 2.34. The molecular weight excluding hydrogens is 146 g/mol. The quantitative estimate of drug-likeness (QED) is 0.588. The Balaban J connectivity index is 1.96. The molecule has 0 saturated heterocycles. The third-order valence-electron chi connectivity index (χ3n) is 3.54. The first-order chi connectivity index (χ1) is 5.90. The van der Waals surface area contributed by atoms with E-state index in [1.165, 1.54) is 32.1 Å². The van der Waals surface area contributed by atoms with Crippen molar-refractivity contribution in [3.63, 3.8) is 0 Å². The molecule has 68 valence electrons. The molecular formula is C11H19N. The Kier molecular flexibility index (Phi) is 2.50. The van der Waals surface area contributed by atoms with Gasteiger partial charge >= 0.3 is 0 Å². The highest BCUT2D eigenvalue weighted by atomic mass is 14.9. The summed E-state index contributed by atoms with van der Waals surface area (Å²) in [6, 6.07) is 0.803. The van der Waals surface area contributed by atoms with Gasteiger partial charge in [0.2, 0.25) is 0 Å². The first kappa shape index (κ1) is 8.31. The molecule has 3 atom stereocenters. The minimum absolute atomic E-state index is 0.803. The molecule has 1 heteroatoms. The lowest BCUT2D eigenvalue weighted by molar-refractivity contribution is 0.219. The summed E-state index contributed by atoms with van der Waals surface area (Å²) < 4.78 is 0. The van der Waals surface area contributed by atoms with Crippen molar-refractivity contribution in [3.8, 4) is 0 Å². The van der Waals surface area contributed by atoms with Gasteiger partial charge in [0.05, 0.1) is 0 Å².